The van der Waals surface area contributed by atoms with E-state index in [9.17, 15) is 4.79 Å². The molecule has 2 heterocycles. The van der Waals surface area contributed by atoms with Gasteiger partial charge in [-0.1, -0.05) is 0 Å². The zero-order chi connectivity index (χ0) is 16.4. The van der Waals surface area contributed by atoms with Crippen LogP contribution in [0.5, 0.6) is 0 Å². The Bertz CT molecular complexity index is 656. The van der Waals surface area contributed by atoms with Crippen LogP contribution in [0.2, 0.25) is 0 Å². The minimum atomic E-state index is -0.337. The monoisotopic (exact) mass is 367 g/mol. The molecule has 0 radical (unpaired) electrons. The summed E-state index contributed by atoms with van der Waals surface area (Å²) in [7, 11) is 1.81. The Hall–Kier alpha value is -1.63. The minimum Gasteiger partial charge on any atom is -0.339 e. The van der Waals surface area contributed by atoms with Gasteiger partial charge >= 0.3 is 0 Å². The average molecular weight is 368 g/mol. The van der Waals surface area contributed by atoms with Crippen LogP contribution in [0.3, 0.4) is 0 Å². The van der Waals surface area contributed by atoms with Crippen LogP contribution < -0.4 is 0 Å². The summed E-state index contributed by atoms with van der Waals surface area (Å²) in [4.78, 5) is 14.3. The Morgan fingerprint density at radius 3 is 2.64 bits per heavy atom. The Balaban J connectivity index is 2.09. The SMILES string of the molecule is CCn1ncc(CN(C)C(=O)C(C)n2cc(Br)c(C)n2)c1C. The van der Waals surface area contributed by atoms with Crippen LogP contribution in [0.25, 0.3) is 0 Å². The number of hydrogen-bond acceptors (Lipinski definition) is 3. The molecule has 6 nitrogen and oxygen atoms in total. The van der Waals surface area contributed by atoms with E-state index >= 15 is 0 Å². The van der Waals surface area contributed by atoms with Crippen LogP contribution in [0.4, 0.5) is 0 Å². The second kappa shape index (κ2) is 6.64. The van der Waals surface area contributed by atoms with Gasteiger partial charge in [0.1, 0.15) is 6.04 Å². The van der Waals surface area contributed by atoms with Crippen molar-refractivity contribution in [1.82, 2.24) is 24.5 Å². The van der Waals surface area contributed by atoms with E-state index in [4.69, 9.17) is 0 Å². The maximum Gasteiger partial charge on any atom is 0.247 e. The smallest absolute Gasteiger partial charge is 0.247 e. The molecule has 0 N–H and O–H groups in total. The third-order valence-corrected chi connectivity index (χ3v) is 4.68. The van der Waals surface area contributed by atoms with Gasteiger partial charge in [-0.3, -0.25) is 14.2 Å². The highest BCUT2D eigenvalue weighted by Crippen LogP contribution is 2.19. The zero-order valence-corrected chi connectivity index (χ0v) is 15.3. The third-order valence-electron chi connectivity index (χ3n) is 3.90. The molecule has 2 aromatic rings. The molecule has 2 aromatic heterocycles. The van der Waals surface area contributed by atoms with E-state index in [1.165, 1.54) is 0 Å². The van der Waals surface area contributed by atoms with Gasteiger partial charge in [0, 0.05) is 37.6 Å². The summed E-state index contributed by atoms with van der Waals surface area (Å²) < 4.78 is 4.54. The quantitative estimate of drug-likeness (QED) is 0.816. The normalized spacial score (nSPS) is 12.5. The standard InChI is InChI=1S/C15H22BrN5O/c1-6-20-11(3)13(7-17-20)8-19(5)15(22)12(4)21-9-14(16)10(2)18-21/h7,9,12H,6,8H2,1-5H3. The van der Waals surface area contributed by atoms with Gasteiger partial charge in [0.15, 0.2) is 0 Å². The van der Waals surface area contributed by atoms with Crippen molar-refractivity contribution >= 4 is 21.8 Å². The van der Waals surface area contributed by atoms with Crippen molar-refractivity contribution in [3.8, 4) is 0 Å². The molecule has 0 saturated carbocycles. The molecule has 0 bridgehead atoms. The van der Waals surface area contributed by atoms with Crippen LogP contribution in [0.1, 0.15) is 36.8 Å². The molecule has 1 atom stereocenters. The fourth-order valence-corrected chi connectivity index (χ4v) is 2.67. The van der Waals surface area contributed by atoms with E-state index < -0.39 is 0 Å². The molecule has 1 unspecified atom stereocenters. The third kappa shape index (κ3) is 3.24. The molecule has 22 heavy (non-hydrogen) atoms. The number of carbonyl (C=O) groups is 1. The van der Waals surface area contributed by atoms with E-state index in [0.29, 0.717) is 6.54 Å². The number of amides is 1. The Labute approximate surface area is 139 Å². The minimum absolute atomic E-state index is 0.0265. The lowest BCUT2D eigenvalue weighted by atomic mass is 10.2. The van der Waals surface area contributed by atoms with Gasteiger partial charge in [0.2, 0.25) is 5.91 Å². The van der Waals surface area contributed by atoms with E-state index in [0.717, 1.165) is 28.0 Å². The topological polar surface area (TPSA) is 56.0 Å². The van der Waals surface area contributed by atoms with Gasteiger partial charge in [0.05, 0.1) is 16.4 Å². The lowest BCUT2D eigenvalue weighted by Gasteiger charge is -2.21. The molecule has 0 aromatic carbocycles. The first kappa shape index (κ1) is 16.7. The molecule has 0 spiro atoms. The maximum absolute atomic E-state index is 12.6. The van der Waals surface area contributed by atoms with Gasteiger partial charge in [-0.15, -0.1) is 0 Å². The van der Waals surface area contributed by atoms with Crippen molar-refractivity contribution < 1.29 is 4.79 Å². The van der Waals surface area contributed by atoms with Gasteiger partial charge in [-0.05, 0) is 43.6 Å². The summed E-state index contributed by atoms with van der Waals surface area (Å²) in [5.74, 6) is 0.0265. The van der Waals surface area contributed by atoms with Crippen molar-refractivity contribution in [2.75, 3.05) is 7.05 Å². The predicted molar refractivity (Wildman–Crippen MR) is 88.5 cm³/mol. The molecule has 7 heteroatoms. The number of carbonyl (C=O) groups excluding carboxylic acids is 1. The van der Waals surface area contributed by atoms with Crippen LogP contribution >= 0.6 is 15.9 Å². The van der Waals surface area contributed by atoms with Gasteiger partial charge < -0.3 is 4.90 Å². The Kier molecular flexibility index (Phi) is 5.05. The van der Waals surface area contributed by atoms with Crippen molar-refractivity contribution in [1.29, 1.82) is 0 Å². The molecule has 0 fully saturated rings. The fourth-order valence-electron chi connectivity index (χ4n) is 2.38. The van der Waals surface area contributed by atoms with Gasteiger partial charge in [-0.2, -0.15) is 10.2 Å². The van der Waals surface area contributed by atoms with Crippen molar-refractivity contribution in [3.05, 3.63) is 33.8 Å². The highest BCUT2D eigenvalue weighted by molar-refractivity contribution is 9.10. The highest BCUT2D eigenvalue weighted by Gasteiger charge is 2.21. The average Bonchev–Trinajstić information content (AvgIpc) is 3.01. The van der Waals surface area contributed by atoms with Crippen LogP contribution in [0, 0.1) is 13.8 Å². The van der Waals surface area contributed by atoms with Crippen LogP contribution in [-0.2, 0) is 17.9 Å². The summed E-state index contributed by atoms with van der Waals surface area (Å²) in [5.41, 5.74) is 3.05. The number of nitrogens with zero attached hydrogens (tertiary/aromatic N) is 5. The largest absolute Gasteiger partial charge is 0.339 e. The number of likely N-dealkylation sites (N-methyl/N-ethyl adjacent to an activating group) is 1. The van der Waals surface area contributed by atoms with E-state index in [2.05, 4.69) is 33.1 Å². The number of hydrogen-bond donors (Lipinski definition) is 0. The second-order valence-corrected chi connectivity index (χ2v) is 6.34. The molecule has 0 saturated heterocycles. The van der Waals surface area contributed by atoms with Gasteiger partial charge in [0.25, 0.3) is 0 Å². The lowest BCUT2D eigenvalue weighted by Crippen LogP contribution is -2.33. The molecule has 0 aliphatic heterocycles. The molecular weight excluding hydrogens is 346 g/mol. The second-order valence-electron chi connectivity index (χ2n) is 5.48. The van der Waals surface area contributed by atoms with Crippen LogP contribution in [-0.4, -0.2) is 37.4 Å². The summed E-state index contributed by atoms with van der Waals surface area (Å²) in [6.45, 7) is 9.24. The lowest BCUT2D eigenvalue weighted by molar-refractivity contribution is -0.133. The van der Waals surface area contributed by atoms with E-state index in [1.807, 2.05) is 44.9 Å². The number of halogens is 1. The predicted octanol–water partition coefficient (Wildman–Crippen LogP) is 2.70. The molecular formula is C15H22BrN5O. The number of aromatic nitrogens is 4. The number of aryl methyl sites for hydroxylation is 2. The molecule has 1 amide bonds. The Morgan fingerprint density at radius 2 is 2.14 bits per heavy atom. The summed E-state index contributed by atoms with van der Waals surface area (Å²) in [5, 5.41) is 8.68. The fraction of sp³-hybridized carbons (Fsp3) is 0.533. The van der Waals surface area contributed by atoms with Crippen molar-refractivity contribution in [3.63, 3.8) is 0 Å². The van der Waals surface area contributed by atoms with E-state index in [-0.39, 0.29) is 11.9 Å². The van der Waals surface area contributed by atoms with Gasteiger partial charge in [-0.25, -0.2) is 0 Å². The highest BCUT2D eigenvalue weighted by atomic mass is 79.9. The molecule has 120 valence electrons. The summed E-state index contributed by atoms with van der Waals surface area (Å²) >= 11 is 3.43. The molecule has 0 aliphatic carbocycles. The first-order valence-corrected chi connectivity index (χ1v) is 8.12. The first-order chi connectivity index (χ1) is 10.3. The van der Waals surface area contributed by atoms with Crippen molar-refractivity contribution in [2.45, 2.75) is 46.8 Å². The maximum atomic E-state index is 12.6. The number of rotatable bonds is 5. The summed E-state index contributed by atoms with van der Waals surface area (Å²) in [6, 6.07) is -0.337. The molecule has 2 rings (SSSR count). The first-order valence-electron chi connectivity index (χ1n) is 7.32. The molecule has 0 aliphatic rings. The van der Waals surface area contributed by atoms with Crippen LogP contribution in [0.15, 0.2) is 16.9 Å². The Morgan fingerprint density at radius 1 is 1.45 bits per heavy atom. The summed E-state index contributed by atoms with van der Waals surface area (Å²) in [6.07, 6.45) is 3.67. The zero-order valence-electron chi connectivity index (χ0n) is 13.7. The van der Waals surface area contributed by atoms with E-state index in [1.54, 1.807) is 9.58 Å². The van der Waals surface area contributed by atoms with Crippen molar-refractivity contribution in [2.24, 2.45) is 0 Å².